The standard InChI is InChI=1S/C23H32O4/c1-23-10-9-17-16-8-6-15(24)12-14(16)5-7-18(17)19(23)13-20(25)22(23)27-21-4-2-3-11-26-21/h6,8,12,17-22,24-25H,2-5,7,9-11,13H2,1H3/t17-,18-,19+,20+,21-,22+,23+/m1/s1. The first-order valence-corrected chi connectivity index (χ1v) is 10.8. The minimum absolute atomic E-state index is 0.0375. The number of ether oxygens (including phenoxy) is 2. The summed E-state index contributed by atoms with van der Waals surface area (Å²) in [5.41, 5.74) is 2.79. The van der Waals surface area contributed by atoms with E-state index in [4.69, 9.17) is 9.47 Å². The van der Waals surface area contributed by atoms with Crippen LogP contribution in [0, 0.1) is 17.3 Å². The Morgan fingerprint density at radius 2 is 2.07 bits per heavy atom. The van der Waals surface area contributed by atoms with Gasteiger partial charge in [-0.2, -0.15) is 0 Å². The van der Waals surface area contributed by atoms with Crippen molar-refractivity contribution in [2.45, 2.75) is 82.7 Å². The first kappa shape index (κ1) is 18.0. The predicted octanol–water partition coefficient (Wildman–Crippen LogP) is 4.13. The van der Waals surface area contributed by atoms with Gasteiger partial charge in [-0.25, -0.2) is 0 Å². The van der Waals surface area contributed by atoms with Gasteiger partial charge in [0, 0.05) is 6.61 Å². The molecule has 4 aliphatic rings. The summed E-state index contributed by atoms with van der Waals surface area (Å²) in [5, 5.41) is 20.8. The third kappa shape index (κ3) is 2.92. The molecule has 3 fully saturated rings. The van der Waals surface area contributed by atoms with Gasteiger partial charge in [0.1, 0.15) is 5.75 Å². The third-order valence-corrected chi connectivity index (χ3v) is 8.08. The molecule has 1 aromatic rings. The summed E-state index contributed by atoms with van der Waals surface area (Å²) in [6, 6.07) is 5.93. The molecule has 5 rings (SSSR count). The lowest BCUT2D eigenvalue weighted by Crippen LogP contribution is -2.47. The van der Waals surface area contributed by atoms with E-state index in [1.165, 1.54) is 11.1 Å². The molecule has 1 saturated heterocycles. The molecule has 0 aromatic heterocycles. The van der Waals surface area contributed by atoms with E-state index in [1.807, 2.05) is 12.1 Å². The molecule has 7 atom stereocenters. The van der Waals surface area contributed by atoms with Gasteiger partial charge in [0.25, 0.3) is 0 Å². The first-order chi connectivity index (χ1) is 13.1. The number of aliphatic hydroxyl groups excluding tert-OH is 1. The van der Waals surface area contributed by atoms with Crippen molar-refractivity contribution in [1.82, 2.24) is 0 Å². The van der Waals surface area contributed by atoms with Gasteiger partial charge in [-0.1, -0.05) is 13.0 Å². The van der Waals surface area contributed by atoms with E-state index in [9.17, 15) is 10.2 Å². The number of aromatic hydroxyl groups is 1. The second-order valence-corrected chi connectivity index (χ2v) is 9.50. The van der Waals surface area contributed by atoms with Crippen molar-refractivity contribution in [1.29, 1.82) is 0 Å². The van der Waals surface area contributed by atoms with Gasteiger partial charge in [-0.05, 0) is 97.8 Å². The van der Waals surface area contributed by atoms with Gasteiger partial charge in [0.2, 0.25) is 0 Å². The lowest BCUT2D eigenvalue weighted by molar-refractivity contribution is -0.227. The SMILES string of the molecule is C[C@]12CC[C@@H]3c4ccc(O)cc4CC[C@H]3[C@@H]1C[C@H](O)[C@@H]2O[C@@H]1CCCCO1. The van der Waals surface area contributed by atoms with E-state index in [1.54, 1.807) is 0 Å². The Morgan fingerprint density at radius 1 is 1.19 bits per heavy atom. The van der Waals surface area contributed by atoms with Crippen LogP contribution in [0.25, 0.3) is 0 Å². The number of phenols is 1. The summed E-state index contributed by atoms with van der Waals surface area (Å²) < 4.78 is 12.2. The van der Waals surface area contributed by atoms with Crippen LogP contribution in [-0.4, -0.2) is 35.3 Å². The molecule has 0 amide bonds. The average molecular weight is 373 g/mol. The van der Waals surface area contributed by atoms with Crippen LogP contribution in [0.2, 0.25) is 0 Å². The highest BCUT2D eigenvalue weighted by molar-refractivity contribution is 5.40. The lowest BCUT2D eigenvalue weighted by Gasteiger charge is -2.50. The summed E-state index contributed by atoms with van der Waals surface area (Å²) in [4.78, 5) is 0. The van der Waals surface area contributed by atoms with E-state index in [2.05, 4.69) is 13.0 Å². The molecule has 2 saturated carbocycles. The molecule has 1 aliphatic heterocycles. The highest BCUT2D eigenvalue weighted by Crippen LogP contribution is 2.61. The molecule has 0 unspecified atom stereocenters. The summed E-state index contributed by atoms with van der Waals surface area (Å²) in [6.07, 6.45) is 7.87. The lowest BCUT2D eigenvalue weighted by atomic mass is 9.55. The van der Waals surface area contributed by atoms with Crippen molar-refractivity contribution in [2.75, 3.05) is 6.61 Å². The normalized spacial score (nSPS) is 43.6. The largest absolute Gasteiger partial charge is 0.508 e. The van der Waals surface area contributed by atoms with Crippen molar-refractivity contribution >= 4 is 0 Å². The molecule has 1 heterocycles. The molecule has 148 valence electrons. The molecule has 0 spiro atoms. The maximum Gasteiger partial charge on any atom is 0.158 e. The van der Waals surface area contributed by atoms with Crippen LogP contribution in [0.4, 0.5) is 0 Å². The van der Waals surface area contributed by atoms with E-state index in [0.717, 1.165) is 58.0 Å². The van der Waals surface area contributed by atoms with Gasteiger partial charge in [0.15, 0.2) is 6.29 Å². The highest BCUT2D eigenvalue weighted by atomic mass is 16.7. The van der Waals surface area contributed by atoms with E-state index in [-0.39, 0.29) is 23.9 Å². The van der Waals surface area contributed by atoms with Crippen LogP contribution in [0.1, 0.15) is 68.9 Å². The number of phenolic OH excluding ortho intramolecular Hbond substituents is 1. The maximum atomic E-state index is 10.9. The summed E-state index contributed by atoms with van der Waals surface area (Å²) in [5.74, 6) is 2.05. The molecule has 0 bridgehead atoms. The van der Waals surface area contributed by atoms with E-state index < -0.39 is 0 Å². The van der Waals surface area contributed by atoms with Crippen molar-refractivity contribution in [3.63, 3.8) is 0 Å². The minimum Gasteiger partial charge on any atom is -0.508 e. The van der Waals surface area contributed by atoms with Crippen LogP contribution < -0.4 is 0 Å². The second-order valence-electron chi connectivity index (χ2n) is 9.50. The summed E-state index contributed by atoms with van der Waals surface area (Å²) >= 11 is 0. The van der Waals surface area contributed by atoms with Crippen LogP contribution in [0.5, 0.6) is 5.75 Å². The van der Waals surface area contributed by atoms with Crippen LogP contribution in [-0.2, 0) is 15.9 Å². The predicted molar refractivity (Wildman–Crippen MR) is 103 cm³/mol. The average Bonchev–Trinajstić information content (AvgIpc) is 2.93. The third-order valence-electron chi connectivity index (χ3n) is 8.08. The Bertz CT molecular complexity index is 698. The number of hydrogen-bond acceptors (Lipinski definition) is 4. The zero-order chi connectivity index (χ0) is 18.6. The number of benzene rings is 1. The Hall–Kier alpha value is -1.10. The Kier molecular flexibility index (Phi) is 4.49. The van der Waals surface area contributed by atoms with E-state index >= 15 is 0 Å². The van der Waals surface area contributed by atoms with Gasteiger partial charge < -0.3 is 19.7 Å². The minimum atomic E-state index is -0.384. The fourth-order valence-electron chi connectivity index (χ4n) is 6.77. The molecule has 4 heteroatoms. The Balaban J connectivity index is 1.39. The summed E-state index contributed by atoms with van der Waals surface area (Å²) in [6.45, 7) is 3.13. The molecule has 4 nitrogen and oxygen atoms in total. The van der Waals surface area contributed by atoms with Crippen molar-refractivity contribution < 1.29 is 19.7 Å². The van der Waals surface area contributed by atoms with Crippen molar-refractivity contribution in [3.05, 3.63) is 29.3 Å². The Morgan fingerprint density at radius 3 is 2.89 bits per heavy atom. The second kappa shape index (κ2) is 6.75. The van der Waals surface area contributed by atoms with Crippen LogP contribution in [0.3, 0.4) is 0 Å². The molecular weight excluding hydrogens is 340 g/mol. The van der Waals surface area contributed by atoms with Gasteiger partial charge in [-0.3, -0.25) is 0 Å². The van der Waals surface area contributed by atoms with Crippen molar-refractivity contribution in [3.8, 4) is 5.75 Å². The summed E-state index contributed by atoms with van der Waals surface area (Å²) in [7, 11) is 0. The fraction of sp³-hybridized carbons (Fsp3) is 0.739. The molecular formula is C23H32O4. The van der Waals surface area contributed by atoms with Gasteiger partial charge in [-0.15, -0.1) is 0 Å². The topological polar surface area (TPSA) is 58.9 Å². The molecule has 27 heavy (non-hydrogen) atoms. The van der Waals surface area contributed by atoms with Gasteiger partial charge in [0.05, 0.1) is 12.2 Å². The smallest absolute Gasteiger partial charge is 0.158 e. The number of fused-ring (bicyclic) bond motifs is 5. The highest BCUT2D eigenvalue weighted by Gasteiger charge is 2.59. The van der Waals surface area contributed by atoms with E-state index in [0.29, 0.717) is 23.5 Å². The quantitative estimate of drug-likeness (QED) is 0.819. The fourth-order valence-corrected chi connectivity index (χ4v) is 6.77. The zero-order valence-corrected chi connectivity index (χ0v) is 16.3. The molecule has 3 aliphatic carbocycles. The van der Waals surface area contributed by atoms with Crippen molar-refractivity contribution in [2.24, 2.45) is 17.3 Å². The number of aliphatic hydroxyl groups is 1. The first-order valence-electron chi connectivity index (χ1n) is 10.8. The molecule has 0 radical (unpaired) electrons. The maximum absolute atomic E-state index is 10.9. The molecule has 1 aromatic carbocycles. The molecule has 2 N–H and O–H groups in total. The number of hydrogen-bond donors (Lipinski definition) is 2. The number of aryl methyl sites for hydroxylation is 1. The van der Waals surface area contributed by atoms with Crippen LogP contribution in [0.15, 0.2) is 18.2 Å². The Labute approximate surface area is 161 Å². The number of rotatable bonds is 2. The monoisotopic (exact) mass is 372 g/mol. The van der Waals surface area contributed by atoms with Crippen LogP contribution >= 0.6 is 0 Å². The zero-order valence-electron chi connectivity index (χ0n) is 16.3. The van der Waals surface area contributed by atoms with Gasteiger partial charge >= 0.3 is 0 Å².